The summed E-state index contributed by atoms with van der Waals surface area (Å²) in [5.41, 5.74) is 3.02. The predicted octanol–water partition coefficient (Wildman–Crippen LogP) is 4.55. The molecular formula is C20H26N4O. The third-order valence-electron chi connectivity index (χ3n) is 4.39. The summed E-state index contributed by atoms with van der Waals surface area (Å²) in [5, 5.41) is 6.14. The Labute approximate surface area is 149 Å². The first-order valence-electron chi connectivity index (χ1n) is 9.12. The van der Waals surface area contributed by atoms with Crippen LogP contribution in [-0.2, 0) is 4.79 Å². The lowest BCUT2D eigenvalue weighted by Gasteiger charge is -2.28. The van der Waals surface area contributed by atoms with Crippen molar-refractivity contribution in [3.63, 3.8) is 0 Å². The van der Waals surface area contributed by atoms with Crippen LogP contribution >= 0.6 is 0 Å². The van der Waals surface area contributed by atoms with Crippen LogP contribution in [0.5, 0.6) is 0 Å². The van der Waals surface area contributed by atoms with Gasteiger partial charge in [0.1, 0.15) is 5.82 Å². The molecule has 2 N–H and O–H groups in total. The molecule has 0 bridgehead atoms. The van der Waals surface area contributed by atoms with E-state index in [0.717, 1.165) is 36.7 Å². The Morgan fingerprint density at radius 2 is 1.76 bits per heavy atom. The molecule has 132 valence electrons. The SMILES string of the molecule is CCCC(=O)Nc1ccc(Nc2ccc(N3CCCCC3)cc2)nc1. The van der Waals surface area contributed by atoms with Crippen molar-refractivity contribution in [2.24, 2.45) is 0 Å². The van der Waals surface area contributed by atoms with Crippen molar-refractivity contribution in [2.75, 3.05) is 28.6 Å². The maximum Gasteiger partial charge on any atom is 0.224 e. The lowest BCUT2D eigenvalue weighted by atomic mass is 10.1. The molecule has 3 rings (SSSR count). The predicted molar refractivity (Wildman–Crippen MR) is 104 cm³/mol. The lowest BCUT2D eigenvalue weighted by Crippen LogP contribution is -2.29. The van der Waals surface area contributed by atoms with Crippen LogP contribution in [0, 0.1) is 0 Å². The Bertz CT molecular complexity index is 676. The number of carbonyl (C=O) groups is 1. The topological polar surface area (TPSA) is 57.3 Å². The van der Waals surface area contributed by atoms with Gasteiger partial charge in [0.15, 0.2) is 0 Å². The summed E-state index contributed by atoms with van der Waals surface area (Å²) in [6.45, 7) is 4.29. The van der Waals surface area contributed by atoms with Gasteiger partial charge in [-0.15, -0.1) is 0 Å². The molecule has 2 heterocycles. The number of hydrogen-bond donors (Lipinski definition) is 2. The molecule has 0 aliphatic carbocycles. The van der Waals surface area contributed by atoms with E-state index in [-0.39, 0.29) is 5.91 Å². The van der Waals surface area contributed by atoms with Gasteiger partial charge in [0.05, 0.1) is 11.9 Å². The number of nitrogens with zero attached hydrogens (tertiary/aromatic N) is 2. The highest BCUT2D eigenvalue weighted by molar-refractivity contribution is 5.90. The number of piperidine rings is 1. The summed E-state index contributed by atoms with van der Waals surface area (Å²) in [5.74, 6) is 0.789. The second-order valence-electron chi connectivity index (χ2n) is 6.45. The molecule has 2 aromatic rings. The molecule has 1 amide bonds. The maximum atomic E-state index is 11.6. The van der Waals surface area contributed by atoms with E-state index < -0.39 is 0 Å². The molecule has 1 aliphatic heterocycles. The largest absolute Gasteiger partial charge is 0.372 e. The first-order chi connectivity index (χ1) is 12.2. The number of nitrogens with one attached hydrogen (secondary N) is 2. The van der Waals surface area contributed by atoms with Crippen LogP contribution in [0.2, 0.25) is 0 Å². The van der Waals surface area contributed by atoms with E-state index in [1.807, 2.05) is 19.1 Å². The molecule has 0 saturated carbocycles. The van der Waals surface area contributed by atoms with E-state index in [4.69, 9.17) is 0 Å². The highest BCUT2D eigenvalue weighted by atomic mass is 16.1. The van der Waals surface area contributed by atoms with Crippen molar-refractivity contribution in [1.29, 1.82) is 0 Å². The highest BCUT2D eigenvalue weighted by Crippen LogP contribution is 2.23. The molecule has 0 atom stereocenters. The summed E-state index contributed by atoms with van der Waals surface area (Å²) in [6.07, 6.45) is 6.96. The van der Waals surface area contributed by atoms with Crippen LogP contribution < -0.4 is 15.5 Å². The van der Waals surface area contributed by atoms with Gasteiger partial charge in [-0.05, 0) is 62.1 Å². The monoisotopic (exact) mass is 338 g/mol. The average molecular weight is 338 g/mol. The highest BCUT2D eigenvalue weighted by Gasteiger charge is 2.10. The molecule has 0 unspecified atom stereocenters. The number of anilines is 4. The van der Waals surface area contributed by atoms with Gasteiger partial charge in [-0.2, -0.15) is 0 Å². The third kappa shape index (κ3) is 4.95. The van der Waals surface area contributed by atoms with Crippen molar-refractivity contribution in [2.45, 2.75) is 39.0 Å². The molecule has 1 aromatic heterocycles. The Morgan fingerprint density at radius 3 is 2.40 bits per heavy atom. The zero-order valence-corrected chi connectivity index (χ0v) is 14.8. The summed E-state index contributed by atoms with van der Waals surface area (Å²) >= 11 is 0. The minimum Gasteiger partial charge on any atom is -0.372 e. The van der Waals surface area contributed by atoms with E-state index in [1.165, 1.54) is 24.9 Å². The minimum atomic E-state index is 0.0262. The van der Waals surface area contributed by atoms with Gasteiger partial charge in [0.25, 0.3) is 0 Å². The fraction of sp³-hybridized carbons (Fsp3) is 0.400. The van der Waals surface area contributed by atoms with Crippen LogP contribution in [0.25, 0.3) is 0 Å². The molecule has 1 fully saturated rings. The average Bonchev–Trinajstić information content (AvgIpc) is 2.65. The van der Waals surface area contributed by atoms with E-state index >= 15 is 0 Å². The van der Waals surface area contributed by atoms with Gasteiger partial charge < -0.3 is 15.5 Å². The van der Waals surface area contributed by atoms with E-state index in [0.29, 0.717) is 6.42 Å². The van der Waals surface area contributed by atoms with Gasteiger partial charge in [0, 0.05) is 30.9 Å². The van der Waals surface area contributed by atoms with Crippen molar-refractivity contribution < 1.29 is 4.79 Å². The molecule has 1 aromatic carbocycles. The maximum absolute atomic E-state index is 11.6. The minimum absolute atomic E-state index is 0.0262. The number of benzene rings is 1. The summed E-state index contributed by atoms with van der Waals surface area (Å²) in [6, 6.07) is 12.2. The second-order valence-corrected chi connectivity index (χ2v) is 6.45. The van der Waals surface area contributed by atoms with Crippen molar-refractivity contribution >= 4 is 28.8 Å². The quantitative estimate of drug-likeness (QED) is 0.811. The number of pyridine rings is 1. The Morgan fingerprint density at radius 1 is 1.04 bits per heavy atom. The van der Waals surface area contributed by atoms with Gasteiger partial charge in [-0.25, -0.2) is 4.98 Å². The zero-order valence-electron chi connectivity index (χ0n) is 14.8. The van der Waals surface area contributed by atoms with Crippen molar-refractivity contribution in [1.82, 2.24) is 4.98 Å². The molecule has 5 heteroatoms. The number of hydrogen-bond acceptors (Lipinski definition) is 4. The molecule has 1 saturated heterocycles. The molecule has 5 nitrogen and oxygen atoms in total. The molecular weight excluding hydrogens is 312 g/mol. The lowest BCUT2D eigenvalue weighted by molar-refractivity contribution is -0.116. The van der Waals surface area contributed by atoms with Crippen LogP contribution in [0.15, 0.2) is 42.6 Å². The number of aromatic nitrogens is 1. The van der Waals surface area contributed by atoms with Crippen LogP contribution in [0.4, 0.5) is 22.9 Å². The van der Waals surface area contributed by atoms with Gasteiger partial charge in [0.2, 0.25) is 5.91 Å². The second kappa shape index (κ2) is 8.51. The third-order valence-corrected chi connectivity index (χ3v) is 4.39. The summed E-state index contributed by atoms with van der Waals surface area (Å²) in [7, 11) is 0. The van der Waals surface area contributed by atoms with E-state index in [1.54, 1.807) is 6.20 Å². The first-order valence-corrected chi connectivity index (χ1v) is 9.12. The fourth-order valence-electron chi connectivity index (χ4n) is 3.05. The normalized spacial score (nSPS) is 14.2. The molecule has 0 radical (unpaired) electrons. The molecule has 0 spiro atoms. The molecule has 25 heavy (non-hydrogen) atoms. The standard InChI is InChI=1S/C20H26N4O/c1-2-6-20(25)23-17-9-12-19(21-15-17)22-16-7-10-18(11-8-16)24-13-4-3-5-14-24/h7-12,15H,2-6,13-14H2,1H3,(H,21,22)(H,23,25). The van der Waals surface area contributed by atoms with E-state index in [9.17, 15) is 4.79 Å². The number of amides is 1. The summed E-state index contributed by atoms with van der Waals surface area (Å²) in [4.78, 5) is 18.4. The Kier molecular flexibility index (Phi) is 5.88. The van der Waals surface area contributed by atoms with Crippen LogP contribution in [0.3, 0.4) is 0 Å². The number of carbonyl (C=O) groups excluding carboxylic acids is 1. The van der Waals surface area contributed by atoms with Crippen LogP contribution in [-0.4, -0.2) is 24.0 Å². The number of rotatable bonds is 6. The summed E-state index contributed by atoms with van der Waals surface area (Å²) < 4.78 is 0. The fourth-order valence-corrected chi connectivity index (χ4v) is 3.05. The first kappa shape index (κ1) is 17.3. The Hall–Kier alpha value is -2.56. The van der Waals surface area contributed by atoms with E-state index in [2.05, 4.69) is 44.8 Å². The van der Waals surface area contributed by atoms with Gasteiger partial charge in [-0.1, -0.05) is 6.92 Å². The van der Waals surface area contributed by atoms with Gasteiger partial charge in [-0.3, -0.25) is 4.79 Å². The van der Waals surface area contributed by atoms with Crippen molar-refractivity contribution in [3.05, 3.63) is 42.6 Å². The smallest absolute Gasteiger partial charge is 0.224 e. The van der Waals surface area contributed by atoms with Crippen molar-refractivity contribution in [3.8, 4) is 0 Å². The Balaban J connectivity index is 1.57. The van der Waals surface area contributed by atoms with Gasteiger partial charge >= 0.3 is 0 Å². The molecule has 1 aliphatic rings. The van der Waals surface area contributed by atoms with Crippen LogP contribution in [0.1, 0.15) is 39.0 Å². The zero-order chi connectivity index (χ0) is 17.5.